The van der Waals surface area contributed by atoms with Crippen molar-refractivity contribution in [2.45, 2.75) is 32.1 Å². The molecule has 1 aromatic rings. The van der Waals surface area contributed by atoms with Crippen molar-refractivity contribution >= 4 is 11.6 Å². The van der Waals surface area contributed by atoms with Crippen molar-refractivity contribution in [1.29, 1.82) is 0 Å². The maximum Gasteiger partial charge on any atom is 0.401 e. The predicted molar refractivity (Wildman–Crippen MR) is 99.6 cm³/mol. The fraction of sp³-hybridized carbons (Fsp3) is 0.611. The number of alkyl halides is 3. The summed E-state index contributed by atoms with van der Waals surface area (Å²) in [5, 5.41) is 6.26. The van der Waals surface area contributed by atoms with Crippen LogP contribution in [-0.2, 0) is 6.54 Å². The number of aliphatic imine (C=N–C) groups is 1. The number of nitrogens with zero attached hydrogens (tertiary/aromatic N) is 3. The highest BCUT2D eigenvalue weighted by Crippen LogP contribution is 2.20. The molecule has 152 valence electrons. The third-order valence-electron chi connectivity index (χ3n) is 4.27. The first kappa shape index (κ1) is 21.3. The summed E-state index contributed by atoms with van der Waals surface area (Å²) in [6.07, 6.45) is -3.57. The van der Waals surface area contributed by atoms with Crippen LogP contribution in [0.4, 0.5) is 23.2 Å². The summed E-state index contributed by atoms with van der Waals surface area (Å²) >= 11 is 0. The molecule has 0 bridgehead atoms. The lowest BCUT2D eigenvalue weighted by atomic mass is 10.2. The van der Waals surface area contributed by atoms with Gasteiger partial charge in [0.1, 0.15) is 5.82 Å². The molecule has 0 saturated carbocycles. The van der Waals surface area contributed by atoms with Crippen LogP contribution < -0.4 is 15.5 Å². The van der Waals surface area contributed by atoms with Gasteiger partial charge < -0.3 is 15.5 Å². The topological polar surface area (TPSA) is 42.9 Å². The monoisotopic (exact) mass is 389 g/mol. The van der Waals surface area contributed by atoms with Crippen molar-refractivity contribution in [1.82, 2.24) is 15.5 Å². The normalized spacial score (nSPS) is 18.6. The molecule has 1 unspecified atom stereocenters. The van der Waals surface area contributed by atoms with E-state index in [0.717, 1.165) is 5.56 Å². The van der Waals surface area contributed by atoms with E-state index in [0.29, 0.717) is 37.7 Å². The highest BCUT2D eigenvalue weighted by atomic mass is 19.4. The van der Waals surface area contributed by atoms with Crippen LogP contribution in [0.1, 0.15) is 18.9 Å². The van der Waals surface area contributed by atoms with Crippen LogP contribution >= 0.6 is 0 Å². The summed E-state index contributed by atoms with van der Waals surface area (Å²) in [5.41, 5.74) is 1.23. The largest absolute Gasteiger partial charge is 0.401 e. The number of nitrogens with one attached hydrogen (secondary N) is 2. The summed E-state index contributed by atoms with van der Waals surface area (Å²) in [4.78, 5) is 7.52. The van der Waals surface area contributed by atoms with Crippen molar-refractivity contribution in [2.24, 2.45) is 4.99 Å². The van der Waals surface area contributed by atoms with Crippen LogP contribution in [0.5, 0.6) is 0 Å². The van der Waals surface area contributed by atoms with Gasteiger partial charge in [0, 0.05) is 39.8 Å². The van der Waals surface area contributed by atoms with Gasteiger partial charge in [0.2, 0.25) is 0 Å². The van der Waals surface area contributed by atoms with E-state index in [1.807, 2.05) is 13.0 Å². The number of hydrogen-bond acceptors (Lipinski definition) is 3. The van der Waals surface area contributed by atoms with E-state index in [1.54, 1.807) is 25.1 Å². The zero-order valence-electron chi connectivity index (χ0n) is 15.9. The van der Waals surface area contributed by atoms with Gasteiger partial charge >= 0.3 is 6.18 Å². The number of halogens is 4. The Morgan fingerprint density at radius 2 is 2.07 bits per heavy atom. The number of rotatable bonds is 6. The Bertz CT molecular complexity index is 645. The molecule has 2 N–H and O–H groups in total. The molecule has 1 heterocycles. The summed E-state index contributed by atoms with van der Waals surface area (Å²) in [6.45, 7) is 2.63. The van der Waals surface area contributed by atoms with E-state index < -0.39 is 12.7 Å². The van der Waals surface area contributed by atoms with E-state index in [1.165, 1.54) is 11.0 Å². The SMILES string of the molecule is CCNC(=NCc1ccc(N(C)C)c(F)c1)NC1CCN(CC(F)(F)F)C1. The van der Waals surface area contributed by atoms with Gasteiger partial charge in [-0.2, -0.15) is 13.2 Å². The van der Waals surface area contributed by atoms with Gasteiger partial charge in [-0.15, -0.1) is 0 Å². The molecule has 1 atom stereocenters. The lowest BCUT2D eigenvalue weighted by Crippen LogP contribution is -2.45. The molecule has 1 aliphatic heterocycles. The van der Waals surface area contributed by atoms with Crippen LogP contribution in [0, 0.1) is 5.82 Å². The summed E-state index contributed by atoms with van der Waals surface area (Å²) < 4.78 is 51.6. The number of likely N-dealkylation sites (tertiary alicyclic amines) is 1. The molecule has 0 amide bonds. The second-order valence-electron chi connectivity index (χ2n) is 6.86. The van der Waals surface area contributed by atoms with Gasteiger partial charge in [-0.25, -0.2) is 9.38 Å². The van der Waals surface area contributed by atoms with E-state index in [2.05, 4.69) is 15.6 Å². The van der Waals surface area contributed by atoms with Gasteiger partial charge in [-0.05, 0) is 31.0 Å². The Hall–Kier alpha value is -2.03. The first-order valence-electron chi connectivity index (χ1n) is 8.97. The lowest BCUT2D eigenvalue weighted by molar-refractivity contribution is -0.143. The maximum atomic E-state index is 14.1. The Morgan fingerprint density at radius 1 is 1.33 bits per heavy atom. The molecule has 1 aliphatic rings. The molecule has 1 aromatic carbocycles. The molecule has 0 aromatic heterocycles. The van der Waals surface area contributed by atoms with Crippen molar-refractivity contribution in [3.8, 4) is 0 Å². The summed E-state index contributed by atoms with van der Waals surface area (Å²) in [6, 6.07) is 4.86. The van der Waals surface area contributed by atoms with Crippen LogP contribution in [0.3, 0.4) is 0 Å². The van der Waals surface area contributed by atoms with Crippen LogP contribution in [0.25, 0.3) is 0 Å². The van der Waals surface area contributed by atoms with Crippen molar-refractivity contribution in [2.75, 3.05) is 45.2 Å². The third-order valence-corrected chi connectivity index (χ3v) is 4.27. The first-order chi connectivity index (χ1) is 12.7. The lowest BCUT2D eigenvalue weighted by Gasteiger charge is -2.20. The number of benzene rings is 1. The molecular formula is C18H27F4N5. The van der Waals surface area contributed by atoms with Gasteiger partial charge in [0.05, 0.1) is 18.8 Å². The van der Waals surface area contributed by atoms with Crippen molar-refractivity contribution in [3.63, 3.8) is 0 Å². The fourth-order valence-corrected chi connectivity index (χ4v) is 3.04. The van der Waals surface area contributed by atoms with Crippen LogP contribution in [0.2, 0.25) is 0 Å². The second-order valence-corrected chi connectivity index (χ2v) is 6.86. The van der Waals surface area contributed by atoms with Crippen molar-refractivity contribution in [3.05, 3.63) is 29.6 Å². The fourth-order valence-electron chi connectivity index (χ4n) is 3.04. The molecule has 1 saturated heterocycles. The van der Waals surface area contributed by atoms with E-state index in [4.69, 9.17) is 0 Å². The molecule has 0 spiro atoms. The minimum Gasteiger partial charge on any atom is -0.375 e. The van der Waals surface area contributed by atoms with Crippen LogP contribution in [0.15, 0.2) is 23.2 Å². The van der Waals surface area contributed by atoms with E-state index in [9.17, 15) is 17.6 Å². The molecular weight excluding hydrogens is 362 g/mol. The Labute approximate surface area is 157 Å². The van der Waals surface area contributed by atoms with Crippen LogP contribution in [-0.4, -0.2) is 63.4 Å². The average molecular weight is 389 g/mol. The quantitative estimate of drug-likeness (QED) is 0.446. The van der Waals surface area contributed by atoms with Gasteiger partial charge in [0.25, 0.3) is 0 Å². The maximum absolute atomic E-state index is 14.1. The number of anilines is 1. The zero-order chi connectivity index (χ0) is 20.0. The highest BCUT2D eigenvalue weighted by Gasteiger charge is 2.34. The number of guanidine groups is 1. The van der Waals surface area contributed by atoms with Crippen molar-refractivity contribution < 1.29 is 17.6 Å². The average Bonchev–Trinajstić information content (AvgIpc) is 2.97. The van der Waals surface area contributed by atoms with Gasteiger partial charge in [0.15, 0.2) is 5.96 Å². The molecule has 2 rings (SSSR count). The minimum atomic E-state index is -4.18. The summed E-state index contributed by atoms with van der Waals surface area (Å²) in [5.74, 6) is 0.206. The third kappa shape index (κ3) is 6.89. The second kappa shape index (κ2) is 9.25. The molecule has 0 radical (unpaired) electrons. The smallest absolute Gasteiger partial charge is 0.375 e. The summed E-state index contributed by atoms with van der Waals surface area (Å²) in [7, 11) is 3.54. The minimum absolute atomic E-state index is 0.0991. The number of hydrogen-bond donors (Lipinski definition) is 2. The molecule has 9 heteroatoms. The van der Waals surface area contributed by atoms with Gasteiger partial charge in [-0.1, -0.05) is 6.07 Å². The molecule has 1 fully saturated rings. The Morgan fingerprint density at radius 3 is 2.67 bits per heavy atom. The molecule has 5 nitrogen and oxygen atoms in total. The molecule has 0 aliphatic carbocycles. The van der Waals surface area contributed by atoms with E-state index >= 15 is 0 Å². The highest BCUT2D eigenvalue weighted by molar-refractivity contribution is 5.80. The predicted octanol–water partition coefficient (Wildman–Crippen LogP) is 2.58. The Kier molecular flexibility index (Phi) is 7.29. The van der Waals surface area contributed by atoms with Gasteiger partial charge in [-0.3, -0.25) is 4.90 Å². The Balaban J connectivity index is 1.96. The zero-order valence-corrected chi connectivity index (χ0v) is 15.9. The standard InChI is InChI=1S/C18H27F4N5/c1-4-23-17(25-14-7-8-27(11-14)12-18(20,21)22)24-10-13-5-6-16(26(2)3)15(19)9-13/h5-6,9,14H,4,7-8,10-12H2,1-3H3,(H2,23,24,25). The molecule has 27 heavy (non-hydrogen) atoms. The first-order valence-corrected chi connectivity index (χ1v) is 8.97. The van der Waals surface area contributed by atoms with E-state index in [-0.39, 0.29) is 18.4 Å².